The number of hydrogen-bond acceptors (Lipinski definition) is 3. The van der Waals surface area contributed by atoms with Crippen molar-refractivity contribution in [1.29, 1.82) is 0 Å². The van der Waals surface area contributed by atoms with Crippen LogP contribution in [0.4, 0.5) is 11.4 Å². The molecule has 0 spiro atoms. The van der Waals surface area contributed by atoms with Crippen LogP contribution in [-0.4, -0.2) is 19.1 Å². The zero-order valence-corrected chi connectivity index (χ0v) is 20.4. The van der Waals surface area contributed by atoms with Gasteiger partial charge in [-0.25, -0.2) is 13.1 Å². The van der Waals surface area contributed by atoms with Crippen LogP contribution in [0.5, 0.6) is 0 Å². The standard InChI is InChI=1S/C24H28ClN3O2S2/c1-15-2-3-19(25)11-22(15)27-23(31)26-20-4-6-21(7-5-20)32(29,30)28-24-12-16-8-17(13-24)10-18(9-16)14-24/h2-7,11,16-18,28H,8-10,12-14H2,1H3,(H2,26,27,31). The van der Waals surface area contributed by atoms with E-state index in [0.717, 1.165) is 36.2 Å². The first-order valence-electron chi connectivity index (χ1n) is 11.2. The van der Waals surface area contributed by atoms with E-state index in [1.165, 1.54) is 19.3 Å². The molecule has 4 aliphatic carbocycles. The van der Waals surface area contributed by atoms with Gasteiger partial charge in [0.25, 0.3) is 0 Å². The van der Waals surface area contributed by atoms with E-state index in [9.17, 15) is 8.42 Å². The number of rotatable bonds is 5. The van der Waals surface area contributed by atoms with Gasteiger partial charge in [-0.15, -0.1) is 0 Å². The first kappa shape index (κ1) is 22.1. The highest BCUT2D eigenvalue weighted by Gasteiger charge is 2.52. The predicted molar refractivity (Wildman–Crippen MR) is 134 cm³/mol. The lowest BCUT2D eigenvalue weighted by Crippen LogP contribution is -2.59. The van der Waals surface area contributed by atoms with Crippen molar-refractivity contribution in [2.45, 2.75) is 55.9 Å². The summed E-state index contributed by atoms with van der Waals surface area (Å²) < 4.78 is 29.5. The Morgan fingerprint density at radius 3 is 2.16 bits per heavy atom. The Balaban J connectivity index is 1.25. The highest BCUT2D eigenvalue weighted by atomic mass is 35.5. The van der Waals surface area contributed by atoms with E-state index >= 15 is 0 Å². The number of aryl methyl sites for hydroxylation is 1. The first-order chi connectivity index (χ1) is 15.2. The fraction of sp³-hybridized carbons (Fsp3) is 0.458. The Labute approximate surface area is 200 Å². The molecule has 0 unspecified atom stereocenters. The van der Waals surface area contributed by atoms with Crippen molar-refractivity contribution in [1.82, 2.24) is 4.72 Å². The second kappa shape index (κ2) is 8.28. The number of thiocarbonyl (C=S) groups is 1. The first-order valence-corrected chi connectivity index (χ1v) is 13.4. The molecule has 4 fully saturated rings. The molecule has 4 aliphatic rings. The fourth-order valence-corrected chi connectivity index (χ4v) is 8.14. The van der Waals surface area contributed by atoms with E-state index in [2.05, 4.69) is 15.4 Å². The molecule has 4 saturated carbocycles. The van der Waals surface area contributed by atoms with Crippen LogP contribution in [0.2, 0.25) is 5.02 Å². The summed E-state index contributed by atoms with van der Waals surface area (Å²) >= 11 is 11.5. The maximum absolute atomic E-state index is 13.2. The van der Waals surface area contributed by atoms with Crippen molar-refractivity contribution in [3.8, 4) is 0 Å². The fourth-order valence-electron chi connectivity index (χ4n) is 6.31. The summed E-state index contributed by atoms with van der Waals surface area (Å²) in [5, 5.41) is 7.28. The Kier molecular flexibility index (Phi) is 5.73. The molecule has 0 amide bonds. The number of anilines is 2. The van der Waals surface area contributed by atoms with Gasteiger partial charge in [0.2, 0.25) is 10.0 Å². The second-order valence-electron chi connectivity index (χ2n) is 9.87. The van der Waals surface area contributed by atoms with E-state index in [1.54, 1.807) is 24.3 Å². The molecule has 3 N–H and O–H groups in total. The molecular formula is C24H28ClN3O2S2. The molecule has 4 bridgehead atoms. The van der Waals surface area contributed by atoms with E-state index in [1.807, 2.05) is 25.1 Å². The molecule has 0 atom stereocenters. The largest absolute Gasteiger partial charge is 0.332 e. The number of hydrogen-bond donors (Lipinski definition) is 3. The van der Waals surface area contributed by atoms with Crippen molar-refractivity contribution in [2.75, 3.05) is 10.6 Å². The van der Waals surface area contributed by atoms with Crippen molar-refractivity contribution in [2.24, 2.45) is 17.8 Å². The Hall–Kier alpha value is -1.67. The van der Waals surface area contributed by atoms with Crippen LogP contribution < -0.4 is 15.4 Å². The van der Waals surface area contributed by atoms with Crippen LogP contribution >= 0.6 is 23.8 Å². The molecule has 6 rings (SSSR count). The minimum absolute atomic E-state index is 0.245. The second-order valence-corrected chi connectivity index (χ2v) is 12.4. The average Bonchev–Trinajstić information content (AvgIpc) is 2.69. The van der Waals surface area contributed by atoms with Crippen molar-refractivity contribution < 1.29 is 8.42 Å². The summed E-state index contributed by atoms with van der Waals surface area (Å²) in [5.74, 6) is 2.06. The van der Waals surface area contributed by atoms with Gasteiger partial charge in [-0.1, -0.05) is 17.7 Å². The zero-order chi connectivity index (χ0) is 22.5. The Bertz CT molecular complexity index is 1110. The van der Waals surface area contributed by atoms with E-state index in [4.69, 9.17) is 23.8 Å². The number of halogens is 1. The summed E-state index contributed by atoms with van der Waals surface area (Å²) in [7, 11) is -3.57. The highest BCUT2D eigenvalue weighted by molar-refractivity contribution is 7.89. The van der Waals surface area contributed by atoms with Crippen LogP contribution in [0.1, 0.15) is 44.1 Å². The summed E-state index contributed by atoms with van der Waals surface area (Å²) in [6, 6.07) is 12.3. The summed E-state index contributed by atoms with van der Waals surface area (Å²) in [6.07, 6.45) is 6.81. The van der Waals surface area contributed by atoms with Crippen LogP contribution in [-0.2, 0) is 10.0 Å². The van der Waals surface area contributed by atoms with Gasteiger partial charge in [0.05, 0.1) is 4.90 Å². The van der Waals surface area contributed by atoms with Gasteiger partial charge in [-0.2, -0.15) is 0 Å². The van der Waals surface area contributed by atoms with Gasteiger partial charge >= 0.3 is 0 Å². The van der Waals surface area contributed by atoms with Gasteiger partial charge < -0.3 is 10.6 Å². The molecule has 0 aromatic heterocycles. The van der Waals surface area contributed by atoms with Gasteiger partial charge in [-0.3, -0.25) is 0 Å². The predicted octanol–water partition coefficient (Wildman–Crippen LogP) is 5.70. The number of nitrogens with one attached hydrogen (secondary N) is 3. The molecule has 0 saturated heterocycles. The smallest absolute Gasteiger partial charge is 0.241 e. The third-order valence-corrected chi connectivity index (χ3v) is 9.29. The topological polar surface area (TPSA) is 70.2 Å². The lowest BCUT2D eigenvalue weighted by Gasteiger charge is -2.56. The van der Waals surface area contributed by atoms with Crippen molar-refractivity contribution >= 4 is 50.3 Å². The lowest BCUT2D eigenvalue weighted by molar-refractivity contribution is -0.00810. The normalized spacial score (nSPS) is 28.5. The van der Waals surface area contributed by atoms with Crippen LogP contribution in [0, 0.1) is 24.7 Å². The van der Waals surface area contributed by atoms with E-state index in [-0.39, 0.29) is 5.54 Å². The SMILES string of the molecule is Cc1ccc(Cl)cc1NC(=S)Nc1ccc(S(=O)(=O)NC23CC4CC(CC(C4)C2)C3)cc1. The molecule has 32 heavy (non-hydrogen) atoms. The summed E-state index contributed by atoms with van der Waals surface area (Å²) in [6.45, 7) is 1.97. The molecule has 0 heterocycles. The van der Waals surface area contributed by atoms with E-state index in [0.29, 0.717) is 32.8 Å². The minimum Gasteiger partial charge on any atom is -0.332 e. The molecular weight excluding hydrogens is 462 g/mol. The van der Waals surface area contributed by atoms with Gasteiger partial charge in [0.1, 0.15) is 0 Å². The maximum Gasteiger partial charge on any atom is 0.241 e. The van der Waals surface area contributed by atoms with Gasteiger partial charge in [0.15, 0.2) is 5.11 Å². The molecule has 5 nitrogen and oxygen atoms in total. The van der Waals surface area contributed by atoms with Crippen molar-refractivity contribution in [3.63, 3.8) is 0 Å². The quantitative estimate of drug-likeness (QED) is 0.469. The zero-order valence-electron chi connectivity index (χ0n) is 18.0. The van der Waals surface area contributed by atoms with Crippen LogP contribution in [0.3, 0.4) is 0 Å². The molecule has 2 aromatic rings. The molecule has 8 heteroatoms. The van der Waals surface area contributed by atoms with Crippen molar-refractivity contribution in [3.05, 3.63) is 53.1 Å². The average molecular weight is 490 g/mol. The third kappa shape index (κ3) is 4.53. The van der Waals surface area contributed by atoms with Crippen LogP contribution in [0.25, 0.3) is 0 Å². The molecule has 0 aliphatic heterocycles. The van der Waals surface area contributed by atoms with Gasteiger partial charge in [0, 0.05) is 21.9 Å². The summed E-state index contributed by atoms with van der Waals surface area (Å²) in [4.78, 5) is 0.295. The number of benzene rings is 2. The monoisotopic (exact) mass is 489 g/mol. The molecule has 170 valence electrons. The third-order valence-electron chi connectivity index (χ3n) is 7.26. The number of sulfonamides is 1. The summed E-state index contributed by atoms with van der Waals surface area (Å²) in [5.41, 5.74) is 2.32. The van der Waals surface area contributed by atoms with E-state index < -0.39 is 10.0 Å². The Morgan fingerprint density at radius 2 is 1.56 bits per heavy atom. The molecule has 0 radical (unpaired) electrons. The lowest BCUT2D eigenvalue weighted by atomic mass is 9.53. The minimum atomic E-state index is -3.57. The highest BCUT2D eigenvalue weighted by Crippen LogP contribution is 2.56. The Morgan fingerprint density at radius 1 is 0.969 bits per heavy atom. The molecule has 2 aromatic carbocycles. The van der Waals surface area contributed by atoms with Crippen LogP contribution in [0.15, 0.2) is 47.4 Å². The maximum atomic E-state index is 13.2. The van der Waals surface area contributed by atoms with Gasteiger partial charge in [-0.05, 0) is 117 Å².